The van der Waals surface area contributed by atoms with Crippen LogP contribution in [0.5, 0.6) is 0 Å². The molecule has 0 atom stereocenters. The maximum Gasteiger partial charge on any atom is 0.126 e. The van der Waals surface area contributed by atoms with Crippen molar-refractivity contribution in [1.82, 2.24) is 4.65 Å². The minimum atomic E-state index is -0.967. The molecule has 3 heteroatoms. The Hall–Kier alpha value is 0.394. The van der Waals surface area contributed by atoms with Gasteiger partial charge in [-0.25, -0.2) is 0 Å². The van der Waals surface area contributed by atoms with Gasteiger partial charge in [-0.3, -0.25) is 0 Å². The third-order valence-corrected chi connectivity index (χ3v) is 7.53. The lowest BCUT2D eigenvalue weighted by Gasteiger charge is -2.23. The summed E-state index contributed by atoms with van der Waals surface area (Å²) in [6.07, 6.45) is 0. The Labute approximate surface area is 68.0 Å². The molecule has 0 amide bonds. The second-order valence-electron chi connectivity index (χ2n) is 3.69. The molecule has 0 fully saturated rings. The van der Waals surface area contributed by atoms with Gasteiger partial charge in [-0.1, -0.05) is 33.5 Å². The highest BCUT2D eigenvalue weighted by Gasteiger charge is 2.17. The van der Waals surface area contributed by atoms with Gasteiger partial charge >= 0.3 is 0 Å². The molecule has 0 aliphatic carbocycles. The van der Waals surface area contributed by atoms with Gasteiger partial charge in [-0.05, 0) is 12.1 Å². The fraction of sp³-hybridized carbons (Fsp3) is 1.00. The Morgan fingerprint density at radius 3 is 1.60 bits per heavy atom. The van der Waals surface area contributed by atoms with E-state index in [4.69, 9.17) is 0 Å². The van der Waals surface area contributed by atoms with Gasteiger partial charge in [0.1, 0.15) is 17.2 Å². The lowest BCUT2D eigenvalue weighted by Crippen LogP contribution is -2.49. The van der Waals surface area contributed by atoms with Crippen LogP contribution >= 0.6 is 0 Å². The molecule has 0 bridgehead atoms. The van der Waals surface area contributed by atoms with Gasteiger partial charge in [0.25, 0.3) is 0 Å². The molecule has 10 heavy (non-hydrogen) atoms. The molecule has 0 rings (SSSR count). The average Bonchev–Trinajstić information content (AvgIpc) is 1.81. The third-order valence-electron chi connectivity index (χ3n) is 1.41. The maximum absolute atomic E-state index is 3.80. The van der Waals surface area contributed by atoms with Crippen molar-refractivity contribution in [3.05, 3.63) is 0 Å². The smallest absolute Gasteiger partial charge is 0.126 e. The molecule has 0 saturated heterocycles. The van der Waals surface area contributed by atoms with Crippen molar-refractivity contribution in [1.29, 1.82) is 0 Å². The van der Waals surface area contributed by atoms with Crippen LogP contribution in [0.1, 0.15) is 13.8 Å². The van der Waals surface area contributed by atoms with Gasteiger partial charge in [0, 0.05) is 0 Å². The molecule has 1 nitrogen and oxygen atoms in total. The van der Waals surface area contributed by atoms with Crippen LogP contribution in [0.3, 0.4) is 0 Å². The van der Waals surface area contributed by atoms with E-state index in [-0.39, 0.29) is 8.96 Å². The van der Waals surface area contributed by atoms with Crippen molar-refractivity contribution in [3.8, 4) is 0 Å². The third kappa shape index (κ3) is 5.20. The summed E-state index contributed by atoms with van der Waals surface area (Å²) in [4.78, 5) is 0. The van der Waals surface area contributed by atoms with Crippen LogP contribution in [-0.2, 0) is 0 Å². The molecular weight excluding hydrogens is 154 g/mol. The second-order valence-corrected chi connectivity index (χ2v) is 11.8. The first-order chi connectivity index (χ1) is 4.49. The number of nitrogens with one attached hydrogen (secondary N) is 1. The van der Waals surface area contributed by atoms with Gasteiger partial charge in [0.15, 0.2) is 0 Å². The van der Waals surface area contributed by atoms with Gasteiger partial charge in [-0.2, -0.15) is 0 Å². The summed E-state index contributed by atoms with van der Waals surface area (Å²) in [5.74, 6) is 0. The number of rotatable bonds is 4. The summed E-state index contributed by atoms with van der Waals surface area (Å²) >= 11 is 0. The summed E-state index contributed by atoms with van der Waals surface area (Å²) in [5, 5.41) is 0. The Bertz CT molecular complexity index is 84.1. The van der Waals surface area contributed by atoms with Crippen LogP contribution in [0.4, 0.5) is 0 Å². The van der Waals surface area contributed by atoms with E-state index in [2.05, 4.69) is 38.1 Å². The zero-order valence-corrected chi connectivity index (χ0v) is 9.91. The molecule has 0 heterocycles. The predicted octanol–water partition coefficient (Wildman–Crippen LogP) is 2.44. The molecule has 0 aromatic rings. The first-order valence-electron chi connectivity index (χ1n) is 4.12. The largest absolute Gasteiger partial charge is 0.360 e. The number of hydrogen-bond acceptors (Lipinski definition) is 1. The zero-order valence-electron chi connectivity index (χ0n) is 7.91. The quantitative estimate of drug-likeness (QED) is 0.646. The van der Waals surface area contributed by atoms with E-state index in [1.165, 1.54) is 12.1 Å². The molecule has 0 aromatic carbocycles. The topological polar surface area (TPSA) is 12.0 Å². The minimum absolute atomic E-state index is 0.169. The predicted molar refractivity (Wildman–Crippen MR) is 53.2 cm³/mol. The first-order valence-corrected chi connectivity index (χ1v) is 9.54. The highest BCUT2D eigenvalue weighted by atomic mass is 28.4. The molecule has 0 saturated carbocycles. The first kappa shape index (κ1) is 10.4. The normalized spacial score (nSPS) is 12.6. The zero-order chi connectivity index (χ0) is 8.20. The van der Waals surface area contributed by atoms with E-state index in [1.54, 1.807) is 0 Å². The summed E-state index contributed by atoms with van der Waals surface area (Å²) in [6.45, 7) is 11.7. The van der Waals surface area contributed by atoms with E-state index in [0.717, 1.165) is 0 Å². The fourth-order valence-electron chi connectivity index (χ4n) is 0.957. The van der Waals surface area contributed by atoms with Gasteiger partial charge < -0.3 is 4.65 Å². The summed E-state index contributed by atoms with van der Waals surface area (Å²) < 4.78 is 3.80. The molecule has 0 spiro atoms. The minimum Gasteiger partial charge on any atom is -0.360 e. The Morgan fingerprint density at radius 2 is 1.50 bits per heavy atom. The van der Waals surface area contributed by atoms with Gasteiger partial charge in [0.2, 0.25) is 0 Å². The standard InChI is InChI=1S/C7H20NSi2/c1-6-9(7-2)8-10(3,4)5/h8H,6-7H2,1-5H3. The van der Waals surface area contributed by atoms with Crippen LogP contribution < -0.4 is 4.65 Å². The van der Waals surface area contributed by atoms with Crippen LogP contribution in [0.25, 0.3) is 0 Å². The van der Waals surface area contributed by atoms with E-state index in [1.807, 2.05) is 0 Å². The molecule has 0 aliphatic heterocycles. The average molecular weight is 174 g/mol. The summed E-state index contributed by atoms with van der Waals surface area (Å²) in [6, 6.07) is 2.73. The highest BCUT2D eigenvalue weighted by Crippen LogP contribution is 2.01. The monoisotopic (exact) mass is 174 g/mol. The highest BCUT2D eigenvalue weighted by molar-refractivity contribution is 6.83. The van der Waals surface area contributed by atoms with Crippen molar-refractivity contribution >= 4 is 17.2 Å². The summed E-state index contributed by atoms with van der Waals surface area (Å²) in [5.41, 5.74) is 0. The van der Waals surface area contributed by atoms with E-state index >= 15 is 0 Å². The second kappa shape index (κ2) is 4.31. The van der Waals surface area contributed by atoms with Crippen molar-refractivity contribution in [3.63, 3.8) is 0 Å². The maximum atomic E-state index is 3.80. The van der Waals surface area contributed by atoms with Crippen molar-refractivity contribution in [2.75, 3.05) is 0 Å². The van der Waals surface area contributed by atoms with Crippen LogP contribution in [0.2, 0.25) is 31.7 Å². The van der Waals surface area contributed by atoms with E-state index in [0.29, 0.717) is 0 Å². The van der Waals surface area contributed by atoms with Crippen molar-refractivity contribution < 1.29 is 0 Å². The van der Waals surface area contributed by atoms with Gasteiger partial charge in [0.05, 0.1) is 0 Å². The summed E-state index contributed by atoms with van der Waals surface area (Å²) in [7, 11) is -1.14. The molecule has 0 aromatic heterocycles. The van der Waals surface area contributed by atoms with Crippen LogP contribution in [-0.4, -0.2) is 17.2 Å². The Kier molecular flexibility index (Phi) is 4.48. The lowest BCUT2D eigenvalue weighted by molar-refractivity contribution is 1.21. The molecule has 1 radical (unpaired) electrons. The Morgan fingerprint density at radius 1 is 1.10 bits per heavy atom. The van der Waals surface area contributed by atoms with Gasteiger partial charge in [-0.15, -0.1) is 0 Å². The fourth-order valence-corrected chi connectivity index (χ4v) is 7.11. The Balaban J connectivity index is 3.63. The van der Waals surface area contributed by atoms with E-state index in [9.17, 15) is 0 Å². The SMILES string of the molecule is CC[Si](CC)N[Si](C)(C)C. The van der Waals surface area contributed by atoms with Crippen LogP contribution in [0, 0.1) is 0 Å². The molecule has 0 unspecified atom stereocenters. The van der Waals surface area contributed by atoms with Crippen molar-refractivity contribution in [2.45, 2.75) is 45.6 Å². The molecule has 61 valence electrons. The van der Waals surface area contributed by atoms with Crippen LogP contribution in [0.15, 0.2) is 0 Å². The van der Waals surface area contributed by atoms with Crippen molar-refractivity contribution in [2.24, 2.45) is 0 Å². The molecular formula is C7H20NSi2. The molecule has 1 N–H and O–H groups in total. The number of hydrogen-bond donors (Lipinski definition) is 1. The van der Waals surface area contributed by atoms with E-state index < -0.39 is 8.24 Å². The lowest BCUT2D eigenvalue weighted by atomic mass is 10.9. The molecule has 0 aliphatic rings.